The third kappa shape index (κ3) is 6.21. The van der Waals surface area contributed by atoms with Crippen LogP contribution >= 0.6 is 0 Å². The predicted octanol–water partition coefficient (Wildman–Crippen LogP) is 3.25. The number of ether oxygens (including phenoxy) is 3. The van der Waals surface area contributed by atoms with Crippen molar-refractivity contribution in [3.8, 4) is 17.2 Å². The van der Waals surface area contributed by atoms with E-state index in [1.54, 1.807) is 18.2 Å². The van der Waals surface area contributed by atoms with Crippen molar-refractivity contribution in [1.29, 1.82) is 0 Å². The third-order valence-electron chi connectivity index (χ3n) is 3.31. The monoisotopic (exact) mass is 382 g/mol. The van der Waals surface area contributed by atoms with Crippen LogP contribution in [0.25, 0.3) is 0 Å². The summed E-state index contributed by atoms with van der Waals surface area (Å²) in [4.78, 5) is 11.7. The van der Waals surface area contributed by atoms with Gasteiger partial charge in [-0.1, -0.05) is 6.07 Å². The van der Waals surface area contributed by atoms with Crippen molar-refractivity contribution in [2.75, 3.05) is 20.8 Å². The van der Waals surface area contributed by atoms with E-state index in [2.05, 4.69) is 10.5 Å². The minimum absolute atomic E-state index is 0.0681. The van der Waals surface area contributed by atoms with Gasteiger partial charge in [0.05, 0.1) is 26.0 Å². The number of carbonyl (C=O) groups excluding carboxylic acids is 1. The molecule has 27 heavy (non-hydrogen) atoms. The van der Waals surface area contributed by atoms with Gasteiger partial charge in [0, 0.05) is 11.6 Å². The van der Waals surface area contributed by atoms with Gasteiger partial charge >= 0.3 is 6.18 Å². The van der Waals surface area contributed by atoms with Gasteiger partial charge in [-0.05, 0) is 30.3 Å². The van der Waals surface area contributed by atoms with E-state index in [-0.39, 0.29) is 5.75 Å². The second-order valence-electron chi connectivity index (χ2n) is 5.25. The Morgan fingerprint density at radius 3 is 2.33 bits per heavy atom. The summed E-state index contributed by atoms with van der Waals surface area (Å²) in [5, 5.41) is 3.77. The summed E-state index contributed by atoms with van der Waals surface area (Å²) in [6.45, 7) is -0.486. The van der Waals surface area contributed by atoms with Crippen LogP contribution in [0.15, 0.2) is 47.6 Å². The number of amides is 1. The molecule has 6 nitrogen and oxygen atoms in total. The highest BCUT2D eigenvalue weighted by molar-refractivity contribution is 5.83. The van der Waals surface area contributed by atoms with E-state index >= 15 is 0 Å². The van der Waals surface area contributed by atoms with Crippen LogP contribution in [0.2, 0.25) is 0 Å². The molecule has 0 fully saturated rings. The number of rotatable bonds is 7. The van der Waals surface area contributed by atoms with Gasteiger partial charge in [-0.15, -0.1) is 0 Å². The lowest BCUT2D eigenvalue weighted by atomic mass is 10.2. The number of hydrazone groups is 1. The van der Waals surface area contributed by atoms with Gasteiger partial charge < -0.3 is 14.2 Å². The zero-order chi connectivity index (χ0) is 19.9. The van der Waals surface area contributed by atoms with Crippen molar-refractivity contribution in [2.45, 2.75) is 6.18 Å². The molecule has 0 heterocycles. The minimum Gasteiger partial charge on any atom is -0.497 e. The molecule has 144 valence electrons. The van der Waals surface area contributed by atoms with Crippen LogP contribution in [0.3, 0.4) is 0 Å². The molecular formula is C18H17F3N2O4. The van der Waals surface area contributed by atoms with E-state index < -0.39 is 24.3 Å². The van der Waals surface area contributed by atoms with E-state index in [0.717, 1.165) is 12.1 Å². The highest BCUT2D eigenvalue weighted by atomic mass is 19.4. The fourth-order valence-electron chi connectivity index (χ4n) is 2.03. The third-order valence-corrected chi connectivity index (χ3v) is 3.31. The van der Waals surface area contributed by atoms with Crippen molar-refractivity contribution >= 4 is 12.1 Å². The molecule has 0 saturated heterocycles. The summed E-state index contributed by atoms with van der Waals surface area (Å²) in [7, 11) is 3.01. The van der Waals surface area contributed by atoms with E-state index in [9.17, 15) is 18.0 Å². The van der Waals surface area contributed by atoms with Gasteiger partial charge in [0.2, 0.25) is 0 Å². The lowest BCUT2D eigenvalue weighted by Gasteiger charge is -2.09. The molecule has 1 amide bonds. The summed E-state index contributed by atoms with van der Waals surface area (Å²) in [6, 6.07) is 9.30. The molecule has 2 aromatic rings. The Labute approximate surface area is 153 Å². The van der Waals surface area contributed by atoms with Gasteiger partial charge in [0.25, 0.3) is 5.91 Å². The Balaban J connectivity index is 1.91. The molecule has 0 saturated carbocycles. The first-order chi connectivity index (χ1) is 12.8. The summed E-state index contributed by atoms with van der Waals surface area (Å²) in [5.74, 6) is 0.407. The molecule has 2 rings (SSSR count). The van der Waals surface area contributed by atoms with Crippen LogP contribution in [-0.2, 0) is 11.0 Å². The Bertz CT molecular complexity index is 800. The summed E-state index contributed by atoms with van der Waals surface area (Å²) in [5.41, 5.74) is 1.98. The van der Waals surface area contributed by atoms with Crippen molar-refractivity contribution in [3.05, 3.63) is 53.6 Å². The van der Waals surface area contributed by atoms with Crippen molar-refractivity contribution in [1.82, 2.24) is 5.43 Å². The van der Waals surface area contributed by atoms with Gasteiger partial charge in [-0.3, -0.25) is 4.79 Å². The Morgan fingerprint density at radius 2 is 1.74 bits per heavy atom. The van der Waals surface area contributed by atoms with E-state index in [1.807, 2.05) is 0 Å². The highest BCUT2D eigenvalue weighted by Gasteiger charge is 2.30. The predicted molar refractivity (Wildman–Crippen MR) is 92.2 cm³/mol. The quantitative estimate of drug-likeness (QED) is 0.590. The van der Waals surface area contributed by atoms with Crippen molar-refractivity contribution < 1.29 is 32.2 Å². The second kappa shape index (κ2) is 8.93. The molecule has 0 aliphatic carbocycles. The highest BCUT2D eigenvalue weighted by Crippen LogP contribution is 2.31. The standard InChI is InChI=1S/C18H17F3N2O4/c1-25-15-6-12(7-16(9-15)26-2)10-22-23-17(24)11-27-14-5-3-4-13(8-14)18(19,20)21/h3-10H,11H2,1-2H3,(H,23,24)/b22-10+. The van der Waals surface area contributed by atoms with Gasteiger partial charge in [0.1, 0.15) is 17.2 Å². The number of hydrogen-bond donors (Lipinski definition) is 1. The van der Waals surface area contributed by atoms with Crippen LogP contribution in [0.5, 0.6) is 17.2 Å². The molecule has 0 atom stereocenters. The Morgan fingerprint density at radius 1 is 1.07 bits per heavy atom. The minimum atomic E-state index is -4.48. The van der Waals surface area contributed by atoms with Crippen molar-refractivity contribution in [3.63, 3.8) is 0 Å². The second-order valence-corrected chi connectivity index (χ2v) is 5.25. The Hall–Kier alpha value is -3.23. The normalized spacial score (nSPS) is 11.3. The molecule has 9 heteroatoms. The molecular weight excluding hydrogens is 365 g/mol. The van der Waals surface area contributed by atoms with Crippen LogP contribution < -0.4 is 19.6 Å². The maximum atomic E-state index is 12.6. The first-order valence-electron chi connectivity index (χ1n) is 7.67. The number of methoxy groups -OCH3 is 2. The van der Waals surface area contributed by atoms with Crippen LogP contribution in [0.4, 0.5) is 13.2 Å². The average molecular weight is 382 g/mol. The fourth-order valence-corrected chi connectivity index (χ4v) is 2.03. The van der Waals surface area contributed by atoms with E-state index in [4.69, 9.17) is 14.2 Å². The van der Waals surface area contributed by atoms with Crippen LogP contribution in [-0.4, -0.2) is 32.9 Å². The zero-order valence-corrected chi connectivity index (χ0v) is 14.5. The number of alkyl halides is 3. The largest absolute Gasteiger partial charge is 0.497 e. The topological polar surface area (TPSA) is 69.2 Å². The molecule has 0 bridgehead atoms. The number of benzene rings is 2. The van der Waals surface area contributed by atoms with Crippen LogP contribution in [0, 0.1) is 0 Å². The zero-order valence-electron chi connectivity index (χ0n) is 14.5. The summed E-state index contributed by atoms with van der Waals surface area (Å²) < 4.78 is 53.2. The van der Waals surface area contributed by atoms with Gasteiger partial charge in [-0.25, -0.2) is 5.43 Å². The fraction of sp³-hybridized carbons (Fsp3) is 0.222. The van der Waals surface area contributed by atoms with Gasteiger partial charge in [0.15, 0.2) is 6.61 Å². The van der Waals surface area contributed by atoms with Crippen molar-refractivity contribution in [2.24, 2.45) is 5.10 Å². The molecule has 0 radical (unpaired) electrons. The van der Waals surface area contributed by atoms with E-state index in [0.29, 0.717) is 17.1 Å². The average Bonchev–Trinajstić information content (AvgIpc) is 2.65. The number of nitrogens with zero attached hydrogens (tertiary/aromatic N) is 1. The summed E-state index contributed by atoms with van der Waals surface area (Å²) >= 11 is 0. The molecule has 0 aliphatic heterocycles. The first kappa shape index (κ1) is 20.1. The molecule has 0 aliphatic rings. The molecule has 2 aromatic carbocycles. The number of carbonyl (C=O) groups is 1. The van der Waals surface area contributed by atoms with Gasteiger partial charge in [-0.2, -0.15) is 18.3 Å². The maximum absolute atomic E-state index is 12.6. The maximum Gasteiger partial charge on any atom is 0.416 e. The summed E-state index contributed by atoms with van der Waals surface area (Å²) in [6.07, 6.45) is -3.11. The Kier molecular flexibility index (Phi) is 6.64. The molecule has 0 spiro atoms. The lowest BCUT2D eigenvalue weighted by Crippen LogP contribution is -2.24. The first-order valence-corrected chi connectivity index (χ1v) is 7.67. The van der Waals surface area contributed by atoms with Crippen LogP contribution in [0.1, 0.15) is 11.1 Å². The number of halogens is 3. The molecule has 0 unspecified atom stereocenters. The SMILES string of the molecule is COc1cc(/C=N/NC(=O)COc2cccc(C(F)(F)F)c2)cc(OC)c1. The number of hydrogen-bond acceptors (Lipinski definition) is 5. The smallest absolute Gasteiger partial charge is 0.416 e. The molecule has 1 N–H and O–H groups in total. The molecule has 0 aromatic heterocycles. The van der Waals surface area contributed by atoms with E-state index in [1.165, 1.54) is 32.6 Å². The lowest BCUT2D eigenvalue weighted by molar-refractivity contribution is -0.137. The number of nitrogens with one attached hydrogen (secondary N) is 1.